The lowest BCUT2D eigenvalue weighted by Crippen LogP contribution is -2.65. The highest BCUT2D eigenvalue weighted by Crippen LogP contribution is 2.77. The van der Waals surface area contributed by atoms with Gasteiger partial charge in [-0.25, -0.2) is 0 Å². The van der Waals surface area contributed by atoms with Crippen molar-refractivity contribution in [3.05, 3.63) is 11.6 Å². The molecule has 0 aromatic heterocycles. The lowest BCUT2D eigenvalue weighted by Gasteiger charge is -2.73. The summed E-state index contributed by atoms with van der Waals surface area (Å²) in [4.78, 5) is 0. The Morgan fingerprint density at radius 3 is 2.06 bits per heavy atom. The molecule has 5 aliphatic rings. The van der Waals surface area contributed by atoms with E-state index in [1.54, 1.807) is 5.57 Å². The summed E-state index contributed by atoms with van der Waals surface area (Å²) in [5.41, 5.74) is 3.96. The molecule has 0 heterocycles. The van der Waals surface area contributed by atoms with Gasteiger partial charge >= 0.3 is 0 Å². The van der Waals surface area contributed by atoms with E-state index in [4.69, 9.17) is 0 Å². The van der Waals surface area contributed by atoms with E-state index in [2.05, 4.69) is 61.5 Å². The number of rotatable bonds is 0. The number of fused-ring (bicyclic) bond motifs is 7. The highest BCUT2D eigenvalue weighted by molar-refractivity contribution is 5.30. The SMILES string of the molecule is CC1(C)CC[C@]2(C)CC[C@]3(C)[C@@H]4CC=C5[C@H](CC[C@@H](O)C5(C)C)[C@]4(C)CC[C@@]3(C)[C@@H]2C1. The first-order valence-corrected chi connectivity index (χ1v) is 13.6. The van der Waals surface area contributed by atoms with E-state index in [1.165, 1.54) is 57.8 Å². The van der Waals surface area contributed by atoms with E-state index >= 15 is 0 Å². The summed E-state index contributed by atoms with van der Waals surface area (Å²) in [6.07, 6.45) is 15.9. The van der Waals surface area contributed by atoms with Crippen molar-refractivity contribution in [2.75, 3.05) is 0 Å². The van der Waals surface area contributed by atoms with Crippen molar-refractivity contribution in [2.24, 2.45) is 50.2 Å². The van der Waals surface area contributed by atoms with Crippen LogP contribution >= 0.6 is 0 Å². The minimum absolute atomic E-state index is 0.0446. The summed E-state index contributed by atoms with van der Waals surface area (Å²) in [7, 11) is 0. The maximum absolute atomic E-state index is 10.8. The van der Waals surface area contributed by atoms with Gasteiger partial charge in [-0.15, -0.1) is 0 Å². The fourth-order valence-corrected chi connectivity index (χ4v) is 10.4. The predicted molar refractivity (Wildman–Crippen MR) is 131 cm³/mol. The summed E-state index contributed by atoms with van der Waals surface area (Å²) in [6, 6.07) is 0. The van der Waals surface area contributed by atoms with Crippen LogP contribution in [0.3, 0.4) is 0 Å². The third-order valence-electron chi connectivity index (χ3n) is 13.1. The highest BCUT2D eigenvalue weighted by Gasteiger charge is 2.69. The Kier molecular flexibility index (Phi) is 4.66. The van der Waals surface area contributed by atoms with E-state index in [-0.39, 0.29) is 11.5 Å². The second kappa shape index (κ2) is 6.43. The van der Waals surface area contributed by atoms with Gasteiger partial charge in [0.1, 0.15) is 0 Å². The monoisotopic (exact) mass is 426 g/mol. The largest absolute Gasteiger partial charge is 0.392 e. The maximum atomic E-state index is 10.8. The van der Waals surface area contributed by atoms with E-state index in [0.29, 0.717) is 33.0 Å². The zero-order valence-corrected chi connectivity index (χ0v) is 21.9. The third-order valence-corrected chi connectivity index (χ3v) is 13.1. The molecule has 0 amide bonds. The molecule has 1 heteroatoms. The fraction of sp³-hybridized carbons (Fsp3) is 0.933. The summed E-state index contributed by atoms with van der Waals surface area (Å²) in [5.74, 6) is 2.36. The van der Waals surface area contributed by atoms with Crippen molar-refractivity contribution < 1.29 is 5.11 Å². The Morgan fingerprint density at radius 2 is 1.35 bits per heavy atom. The van der Waals surface area contributed by atoms with Crippen LogP contribution in [-0.4, -0.2) is 11.2 Å². The number of aliphatic hydroxyl groups is 1. The summed E-state index contributed by atoms with van der Waals surface area (Å²) in [6.45, 7) is 20.5. The molecule has 31 heavy (non-hydrogen) atoms. The van der Waals surface area contributed by atoms with Crippen LogP contribution in [0.1, 0.15) is 120 Å². The van der Waals surface area contributed by atoms with Gasteiger partial charge in [0.25, 0.3) is 0 Å². The van der Waals surface area contributed by atoms with Gasteiger partial charge in [-0.3, -0.25) is 0 Å². The minimum atomic E-state index is -0.167. The molecule has 176 valence electrons. The molecule has 5 aliphatic carbocycles. The van der Waals surface area contributed by atoms with Gasteiger partial charge in [0.2, 0.25) is 0 Å². The third kappa shape index (κ3) is 2.77. The standard InChI is InChI=1S/C30H50O/c1-25(2)13-14-27(5)15-17-29(7)22-11-9-20-21(10-12-24(31)26(20,3)4)28(22,6)16-18-30(29,8)23(27)19-25/h9,21-24,31H,10-19H2,1-8H3/t21-,22+,23+,24+,27+,28-,29+,30-/m0/s1. The van der Waals surface area contributed by atoms with Crippen LogP contribution < -0.4 is 0 Å². The van der Waals surface area contributed by atoms with Crippen LogP contribution in [0.15, 0.2) is 11.6 Å². The van der Waals surface area contributed by atoms with Crippen molar-refractivity contribution >= 4 is 0 Å². The average molecular weight is 427 g/mol. The van der Waals surface area contributed by atoms with Gasteiger partial charge in [-0.2, -0.15) is 0 Å². The lowest BCUT2D eigenvalue weighted by molar-refractivity contribution is -0.230. The predicted octanol–water partition coefficient (Wildman–Crippen LogP) is 8.17. The van der Waals surface area contributed by atoms with Crippen LogP contribution in [-0.2, 0) is 0 Å². The molecule has 5 rings (SSSR count). The molecule has 0 unspecified atom stereocenters. The lowest BCUT2D eigenvalue weighted by atomic mass is 9.31. The Bertz CT molecular complexity index is 790. The number of allylic oxidation sites excluding steroid dienone is 1. The Hall–Kier alpha value is -0.300. The molecule has 4 saturated carbocycles. The van der Waals surface area contributed by atoms with Crippen molar-refractivity contribution in [1.82, 2.24) is 0 Å². The minimum Gasteiger partial charge on any atom is -0.392 e. The molecule has 1 N–H and O–H groups in total. The number of hydrogen-bond donors (Lipinski definition) is 1. The molecule has 0 aromatic rings. The Morgan fingerprint density at radius 1 is 0.742 bits per heavy atom. The van der Waals surface area contributed by atoms with Crippen LogP contribution in [0.4, 0.5) is 0 Å². The highest BCUT2D eigenvalue weighted by atomic mass is 16.3. The van der Waals surface area contributed by atoms with E-state index < -0.39 is 0 Å². The maximum Gasteiger partial charge on any atom is 0.0628 e. The molecule has 0 aliphatic heterocycles. The zero-order chi connectivity index (χ0) is 22.7. The smallest absolute Gasteiger partial charge is 0.0628 e. The van der Waals surface area contributed by atoms with E-state index in [9.17, 15) is 5.11 Å². The van der Waals surface area contributed by atoms with E-state index in [1.807, 2.05) is 0 Å². The first-order valence-electron chi connectivity index (χ1n) is 13.6. The van der Waals surface area contributed by atoms with Crippen LogP contribution in [0.5, 0.6) is 0 Å². The molecule has 0 spiro atoms. The molecule has 0 saturated heterocycles. The van der Waals surface area contributed by atoms with Crippen molar-refractivity contribution in [1.29, 1.82) is 0 Å². The molecule has 8 atom stereocenters. The molecule has 0 aromatic carbocycles. The van der Waals surface area contributed by atoms with Crippen LogP contribution in [0.2, 0.25) is 0 Å². The quantitative estimate of drug-likeness (QED) is 0.387. The van der Waals surface area contributed by atoms with Gasteiger partial charge in [-0.05, 0) is 109 Å². The first-order chi connectivity index (χ1) is 14.2. The van der Waals surface area contributed by atoms with Crippen LogP contribution in [0.25, 0.3) is 0 Å². The van der Waals surface area contributed by atoms with Crippen molar-refractivity contribution in [3.8, 4) is 0 Å². The van der Waals surface area contributed by atoms with Gasteiger partial charge < -0.3 is 5.11 Å². The van der Waals surface area contributed by atoms with E-state index in [0.717, 1.165) is 18.3 Å². The second-order valence-corrected chi connectivity index (χ2v) is 15.2. The molecule has 4 fully saturated rings. The van der Waals surface area contributed by atoms with Gasteiger partial charge in [-0.1, -0.05) is 67.0 Å². The Balaban J connectivity index is 1.57. The Labute approximate surface area is 192 Å². The van der Waals surface area contributed by atoms with Crippen molar-refractivity contribution in [3.63, 3.8) is 0 Å². The normalized spacial score (nSPS) is 55.2. The zero-order valence-electron chi connectivity index (χ0n) is 21.9. The summed E-state index contributed by atoms with van der Waals surface area (Å²) in [5, 5.41) is 10.8. The molecular weight excluding hydrogens is 376 g/mol. The summed E-state index contributed by atoms with van der Waals surface area (Å²) < 4.78 is 0. The first kappa shape index (κ1) is 22.5. The molecule has 1 nitrogen and oxygen atoms in total. The molecular formula is C30H50O. The number of aliphatic hydroxyl groups excluding tert-OH is 1. The number of hydrogen-bond acceptors (Lipinski definition) is 1. The van der Waals surface area contributed by atoms with Crippen LogP contribution in [0, 0.1) is 50.2 Å². The van der Waals surface area contributed by atoms with Gasteiger partial charge in [0.05, 0.1) is 6.10 Å². The average Bonchev–Trinajstić information content (AvgIpc) is 2.68. The molecule has 0 radical (unpaired) electrons. The topological polar surface area (TPSA) is 20.2 Å². The fourth-order valence-electron chi connectivity index (χ4n) is 10.4. The molecule has 0 bridgehead atoms. The van der Waals surface area contributed by atoms with Gasteiger partial charge in [0, 0.05) is 5.41 Å². The van der Waals surface area contributed by atoms with Crippen molar-refractivity contribution in [2.45, 2.75) is 126 Å². The second-order valence-electron chi connectivity index (χ2n) is 15.2. The summed E-state index contributed by atoms with van der Waals surface area (Å²) >= 11 is 0. The van der Waals surface area contributed by atoms with Gasteiger partial charge in [0.15, 0.2) is 0 Å².